The lowest BCUT2D eigenvalue weighted by atomic mass is 9.58. The van der Waals surface area contributed by atoms with Crippen LogP contribution in [0.2, 0.25) is 0 Å². The maximum Gasteiger partial charge on any atom is 0.174 e. The van der Waals surface area contributed by atoms with Crippen molar-refractivity contribution in [3.05, 3.63) is 0 Å². The van der Waals surface area contributed by atoms with E-state index < -0.39 is 0 Å². The van der Waals surface area contributed by atoms with Gasteiger partial charge in [-0.2, -0.15) is 0 Å². The van der Waals surface area contributed by atoms with E-state index in [1.165, 1.54) is 32.1 Å². The van der Waals surface area contributed by atoms with Crippen molar-refractivity contribution in [1.82, 2.24) is 0 Å². The van der Waals surface area contributed by atoms with Crippen molar-refractivity contribution in [2.45, 2.75) is 44.8 Å². The van der Waals surface area contributed by atoms with E-state index in [0.717, 1.165) is 31.0 Å². The predicted molar refractivity (Wildman–Crippen MR) is 56.3 cm³/mol. The topological polar surface area (TPSA) is 18.5 Å². The summed E-state index contributed by atoms with van der Waals surface area (Å²) in [5, 5.41) is 0. The van der Waals surface area contributed by atoms with Gasteiger partial charge in [0.1, 0.15) is 0 Å². The Labute approximate surface area is 91.3 Å². The molecular weight excluding hydrogens is 188 g/mol. The van der Waals surface area contributed by atoms with Crippen molar-refractivity contribution in [2.24, 2.45) is 23.2 Å². The SMILES string of the molecule is CCC12CC[C@@H]3C1[C@H](CC2)C31OCCO1. The largest absolute Gasteiger partial charge is 0.347 e. The fraction of sp³-hybridized carbons (Fsp3) is 1.00. The Hall–Kier alpha value is -0.0800. The molecule has 1 heterocycles. The second-order valence-corrected chi connectivity index (χ2v) is 5.95. The minimum Gasteiger partial charge on any atom is -0.347 e. The van der Waals surface area contributed by atoms with Gasteiger partial charge in [0.05, 0.1) is 13.2 Å². The molecule has 15 heavy (non-hydrogen) atoms. The summed E-state index contributed by atoms with van der Waals surface area (Å²) in [4.78, 5) is 0. The molecule has 84 valence electrons. The number of ether oxygens (including phenoxy) is 2. The molecule has 0 bridgehead atoms. The summed E-state index contributed by atoms with van der Waals surface area (Å²) >= 11 is 0. The minimum absolute atomic E-state index is 0.0991. The second kappa shape index (κ2) is 2.60. The van der Waals surface area contributed by atoms with Crippen molar-refractivity contribution < 1.29 is 9.47 Å². The highest BCUT2D eigenvalue weighted by atomic mass is 16.7. The highest BCUT2D eigenvalue weighted by molar-refractivity contribution is 5.19. The van der Waals surface area contributed by atoms with Crippen LogP contribution in [0, 0.1) is 23.2 Å². The van der Waals surface area contributed by atoms with Gasteiger partial charge in [0.15, 0.2) is 5.79 Å². The lowest BCUT2D eigenvalue weighted by Gasteiger charge is -2.55. The molecule has 0 N–H and O–H groups in total. The Morgan fingerprint density at radius 2 is 1.67 bits per heavy atom. The third-order valence-corrected chi connectivity index (χ3v) is 5.96. The van der Waals surface area contributed by atoms with Gasteiger partial charge in [0, 0.05) is 11.8 Å². The first kappa shape index (κ1) is 9.00. The number of hydrogen-bond donors (Lipinski definition) is 0. The van der Waals surface area contributed by atoms with Crippen LogP contribution in [0.4, 0.5) is 0 Å². The van der Waals surface area contributed by atoms with E-state index in [0.29, 0.717) is 5.41 Å². The fourth-order valence-corrected chi connectivity index (χ4v) is 5.36. The molecule has 0 aromatic carbocycles. The van der Waals surface area contributed by atoms with Gasteiger partial charge in [-0.15, -0.1) is 0 Å². The van der Waals surface area contributed by atoms with Crippen molar-refractivity contribution in [1.29, 1.82) is 0 Å². The zero-order chi connectivity index (χ0) is 10.1. The van der Waals surface area contributed by atoms with E-state index in [1.807, 2.05) is 0 Å². The monoisotopic (exact) mass is 208 g/mol. The van der Waals surface area contributed by atoms with Gasteiger partial charge in [0.2, 0.25) is 0 Å². The molecule has 1 spiro atoms. The third kappa shape index (κ3) is 0.794. The Morgan fingerprint density at radius 1 is 1.07 bits per heavy atom. The minimum atomic E-state index is -0.0991. The van der Waals surface area contributed by atoms with Gasteiger partial charge in [-0.3, -0.25) is 0 Å². The molecule has 1 aliphatic heterocycles. The molecule has 2 heteroatoms. The average Bonchev–Trinajstić information content (AvgIpc) is 2.88. The van der Waals surface area contributed by atoms with Crippen LogP contribution in [0.5, 0.6) is 0 Å². The van der Waals surface area contributed by atoms with Crippen LogP contribution in [-0.4, -0.2) is 19.0 Å². The molecule has 0 radical (unpaired) electrons. The summed E-state index contributed by atoms with van der Waals surface area (Å²) in [5.41, 5.74) is 0.690. The lowest BCUT2D eigenvalue weighted by Crippen LogP contribution is -2.61. The Balaban J connectivity index is 1.71. The summed E-state index contributed by atoms with van der Waals surface area (Å²) in [5.74, 6) is 2.33. The molecule has 1 saturated heterocycles. The van der Waals surface area contributed by atoms with Crippen LogP contribution in [0.15, 0.2) is 0 Å². The lowest BCUT2D eigenvalue weighted by molar-refractivity contribution is -0.312. The third-order valence-electron chi connectivity index (χ3n) is 5.96. The molecule has 4 aliphatic rings. The summed E-state index contributed by atoms with van der Waals surface area (Å²) in [7, 11) is 0. The normalized spacial score (nSPS) is 54.6. The van der Waals surface area contributed by atoms with Crippen LogP contribution in [0.3, 0.4) is 0 Å². The molecule has 2 nitrogen and oxygen atoms in total. The smallest absolute Gasteiger partial charge is 0.174 e. The van der Waals surface area contributed by atoms with Gasteiger partial charge in [-0.25, -0.2) is 0 Å². The van der Waals surface area contributed by atoms with Gasteiger partial charge >= 0.3 is 0 Å². The average molecular weight is 208 g/mol. The first-order valence-electron chi connectivity index (χ1n) is 6.60. The quantitative estimate of drug-likeness (QED) is 0.659. The van der Waals surface area contributed by atoms with Gasteiger partial charge in [-0.05, 0) is 37.0 Å². The van der Waals surface area contributed by atoms with E-state index in [2.05, 4.69) is 6.92 Å². The number of hydrogen-bond acceptors (Lipinski definition) is 2. The van der Waals surface area contributed by atoms with E-state index in [-0.39, 0.29) is 5.79 Å². The van der Waals surface area contributed by atoms with Crippen LogP contribution < -0.4 is 0 Å². The van der Waals surface area contributed by atoms with Crippen molar-refractivity contribution in [3.8, 4) is 0 Å². The maximum atomic E-state index is 5.99. The molecule has 3 aliphatic carbocycles. The zero-order valence-corrected chi connectivity index (χ0v) is 9.50. The zero-order valence-electron chi connectivity index (χ0n) is 9.50. The summed E-state index contributed by atoms with van der Waals surface area (Å²) in [6.07, 6.45) is 6.96. The van der Waals surface area contributed by atoms with E-state index >= 15 is 0 Å². The summed E-state index contributed by atoms with van der Waals surface area (Å²) in [6, 6.07) is 0. The standard InChI is InChI=1S/C13H20O2/c1-2-12-5-3-9-11(12)10(4-6-12)13(9)14-7-8-15-13/h9-11H,2-8H2,1H3/t9-,10+,11?,12?. The molecule has 4 fully saturated rings. The maximum absolute atomic E-state index is 5.99. The van der Waals surface area contributed by atoms with Crippen molar-refractivity contribution in [2.75, 3.05) is 13.2 Å². The predicted octanol–water partition coefficient (Wildman–Crippen LogP) is 2.58. The first-order valence-corrected chi connectivity index (χ1v) is 6.60. The number of fused-ring (bicyclic) bond motifs is 2. The van der Waals surface area contributed by atoms with Gasteiger partial charge in [-0.1, -0.05) is 13.3 Å². The van der Waals surface area contributed by atoms with Crippen LogP contribution in [-0.2, 0) is 9.47 Å². The molecule has 3 saturated carbocycles. The van der Waals surface area contributed by atoms with Crippen molar-refractivity contribution >= 4 is 0 Å². The van der Waals surface area contributed by atoms with Crippen molar-refractivity contribution in [3.63, 3.8) is 0 Å². The highest BCUT2D eigenvalue weighted by Gasteiger charge is 2.75. The highest BCUT2D eigenvalue weighted by Crippen LogP contribution is 2.74. The Bertz CT molecular complexity index is 275. The Kier molecular flexibility index (Phi) is 1.56. The van der Waals surface area contributed by atoms with Crippen LogP contribution in [0.25, 0.3) is 0 Å². The van der Waals surface area contributed by atoms with Gasteiger partial charge < -0.3 is 9.47 Å². The number of rotatable bonds is 1. The molecule has 4 rings (SSSR count). The molecule has 0 aromatic rings. The van der Waals surface area contributed by atoms with E-state index in [4.69, 9.17) is 9.47 Å². The first-order chi connectivity index (χ1) is 7.32. The van der Waals surface area contributed by atoms with Gasteiger partial charge in [0.25, 0.3) is 0 Å². The second-order valence-electron chi connectivity index (χ2n) is 5.95. The van der Waals surface area contributed by atoms with Crippen LogP contribution in [0.1, 0.15) is 39.0 Å². The molecule has 0 aromatic heterocycles. The summed E-state index contributed by atoms with van der Waals surface area (Å²) < 4.78 is 12.0. The van der Waals surface area contributed by atoms with E-state index in [9.17, 15) is 0 Å². The molecule has 0 amide bonds. The molecular formula is C13H20O2. The van der Waals surface area contributed by atoms with Crippen LogP contribution >= 0.6 is 0 Å². The molecule has 2 unspecified atom stereocenters. The molecule has 4 atom stereocenters. The fourth-order valence-electron chi connectivity index (χ4n) is 5.36. The summed E-state index contributed by atoms with van der Waals surface area (Å²) in [6.45, 7) is 4.05. The van der Waals surface area contributed by atoms with E-state index in [1.54, 1.807) is 0 Å². The Morgan fingerprint density at radius 3 is 2.20 bits per heavy atom.